The SMILES string of the molecule is Fc1ccc(-c2nc[nH]c2-c2ccnc(NCc3ccccn3)n2)cc1. The van der Waals surface area contributed by atoms with E-state index < -0.39 is 0 Å². The predicted molar refractivity (Wildman–Crippen MR) is 96.6 cm³/mol. The van der Waals surface area contributed by atoms with Crippen molar-refractivity contribution in [1.29, 1.82) is 0 Å². The van der Waals surface area contributed by atoms with Crippen molar-refractivity contribution < 1.29 is 4.39 Å². The number of benzene rings is 1. The lowest BCUT2D eigenvalue weighted by Crippen LogP contribution is -2.05. The van der Waals surface area contributed by atoms with E-state index in [4.69, 9.17) is 0 Å². The van der Waals surface area contributed by atoms with Crippen molar-refractivity contribution in [2.75, 3.05) is 5.32 Å². The second-order valence-electron chi connectivity index (χ2n) is 5.57. The number of imidazole rings is 1. The number of hydrogen-bond donors (Lipinski definition) is 2. The van der Waals surface area contributed by atoms with Crippen molar-refractivity contribution >= 4 is 5.95 Å². The molecule has 4 aromatic rings. The summed E-state index contributed by atoms with van der Waals surface area (Å²) in [6.45, 7) is 0.526. The number of pyridine rings is 1. The molecule has 0 atom stereocenters. The molecular weight excluding hydrogens is 331 g/mol. The topological polar surface area (TPSA) is 79.4 Å². The van der Waals surface area contributed by atoms with E-state index in [1.807, 2.05) is 18.2 Å². The number of halogens is 1. The van der Waals surface area contributed by atoms with Gasteiger partial charge >= 0.3 is 0 Å². The molecule has 0 unspecified atom stereocenters. The number of anilines is 1. The highest BCUT2D eigenvalue weighted by Gasteiger charge is 2.12. The quantitative estimate of drug-likeness (QED) is 0.576. The molecule has 4 rings (SSSR count). The third kappa shape index (κ3) is 3.41. The van der Waals surface area contributed by atoms with Crippen molar-refractivity contribution in [2.45, 2.75) is 6.54 Å². The Balaban J connectivity index is 1.59. The Bertz CT molecular complexity index is 998. The molecule has 1 aromatic carbocycles. The Hall–Kier alpha value is -3.61. The molecule has 0 aliphatic carbocycles. The number of H-pyrrole nitrogens is 1. The molecule has 3 heterocycles. The Kier molecular flexibility index (Phi) is 4.34. The highest BCUT2D eigenvalue weighted by atomic mass is 19.1. The molecule has 0 amide bonds. The minimum Gasteiger partial charge on any atom is -0.349 e. The van der Waals surface area contributed by atoms with Crippen LogP contribution in [0.15, 0.2) is 67.3 Å². The molecular formula is C19H15FN6. The number of aromatic nitrogens is 5. The smallest absolute Gasteiger partial charge is 0.223 e. The number of aromatic amines is 1. The monoisotopic (exact) mass is 346 g/mol. The molecule has 0 saturated carbocycles. The van der Waals surface area contributed by atoms with Crippen LogP contribution in [0.5, 0.6) is 0 Å². The van der Waals surface area contributed by atoms with Crippen LogP contribution in [0.1, 0.15) is 5.69 Å². The Morgan fingerprint density at radius 2 is 1.81 bits per heavy atom. The normalized spacial score (nSPS) is 10.7. The van der Waals surface area contributed by atoms with Gasteiger partial charge in [-0.25, -0.2) is 19.3 Å². The first kappa shape index (κ1) is 15.9. The van der Waals surface area contributed by atoms with Crippen molar-refractivity contribution in [1.82, 2.24) is 24.9 Å². The van der Waals surface area contributed by atoms with E-state index in [1.54, 1.807) is 36.9 Å². The zero-order valence-corrected chi connectivity index (χ0v) is 13.7. The number of nitrogens with one attached hydrogen (secondary N) is 2. The lowest BCUT2D eigenvalue weighted by atomic mass is 10.1. The molecule has 0 bridgehead atoms. The Morgan fingerprint density at radius 3 is 2.62 bits per heavy atom. The first-order valence-electron chi connectivity index (χ1n) is 8.06. The highest BCUT2D eigenvalue weighted by molar-refractivity contribution is 5.76. The van der Waals surface area contributed by atoms with Crippen LogP contribution in [0.4, 0.5) is 10.3 Å². The minimum absolute atomic E-state index is 0.283. The van der Waals surface area contributed by atoms with Gasteiger partial charge in [0.2, 0.25) is 5.95 Å². The van der Waals surface area contributed by atoms with Crippen LogP contribution in [0.25, 0.3) is 22.6 Å². The van der Waals surface area contributed by atoms with E-state index in [0.717, 1.165) is 17.0 Å². The summed E-state index contributed by atoms with van der Waals surface area (Å²) in [7, 11) is 0. The zero-order valence-electron chi connectivity index (χ0n) is 13.7. The fraction of sp³-hybridized carbons (Fsp3) is 0.0526. The van der Waals surface area contributed by atoms with Gasteiger partial charge in [0, 0.05) is 18.0 Å². The van der Waals surface area contributed by atoms with Crippen molar-refractivity contribution in [3.05, 3.63) is 78.8 Å². The van der Waals surface area contributed by atoms with Gasteiger partial charge in [0.1, 0.15) is 5.82 Å². The molecule has 0 fully saturated rings. The molecule has 0 spiro atoms. The second kappa shape index (κ2) is 7.10. The first-order valence-corrected chi connectivity index (χ1v) is 8.06. The van der Waals surface area contributed by atoms with Crippen molar-refractivity contribution in [3.63, 3.8) is 0 Å². The molecule has 6 nitrogen and oxygen atoms in total. The van der Waals surface area contributed by atoms with Crippen LogP contribution in [0.2, 0.25) is 0 Å². The minimum atomic E-state index is -0.283. The van der Waals surface area contributed by atoms with E-state index in [0.29, 0.717) is 23.9 Å². The molecule has 26 heavy (non-hydrogen) atoms. The van der Waals surface area contributed by atoms with Gasteiger partial charge in [-0.1, -0.05) is 6.07 Å². The predicted octanol–water partition coefficient (Wildman–Crippen LogP) is 3.68. The molecule has 0 aliphatic heterocycles. The molecule has 0 saturated heterocycles. The first-order chi connectivity index (χ1) is 12.8. The molecule has 128 valence electrons. The third-order valence-corrected chi connectivity index (χ3v) is 3.82. The standard InChI is InChI=1S/C19H15FN6/c20-14-6-4-13(5-7-14)17-18(25-12-24-17)16-8-10-22-19(26-16)23-11-15-3-1-2-9-21-15/h1-10,12H,11H2,(H,24,25)(H,22,23,26). The van der Waals surface area contributed by atoms with Crippen molar-refractivity contribution in [2.24, 2.45) is 0 Å². The maximum Gasteiger partial charge on any atom is 0.223 e. The Labute approximate surface area is 149 Å². The van der Waals surface area contributed by atoms with Crippen LogP contribution in [-0.4, -0.2) is 24.9 Å². The van der Waals surface area contributed by atoms with Gasteiger partial charge in [-0.15, -0.1) is 0 Å². The zero-order chi connectivity index (χ0) is 17.8. The fourth-order valence-electron chi connectivity index (χ4n) is 2.57. The molecule has 2 N–H and O–H groups in total. The maximum absolute atomic E-state index is 13.2. The summed E-state index contributed by atoms with van der Waals surface area (Å²) in [6, 6.07) is 13.7. The van der Waals surface area contributed by atoms with Gasteiger partial charge in [0.05, 0.1) is 35.6 Å². The second-order valence-corrected chi connectivity index (χ2v) is 5.57. The van der Waals surface area contributed by atoms with E-state index in [-0.39, 0.29) is 5.82 Å². The van der Waals surface area contributed by atoms with Gasteiger partial charge in [0.15, 0.2) is 0 Å². The van der Waals surface area contributed by atoms with Crippen LogP contribution in [0, 0.1) is 5.82 Å². The molecule has 7 heteroatoms. The number of nitrogens with zero attached hydrogens (tertiary/aromatic N) is 4. The van der Waals surface area contributed by atoms with Gasteiger partial charge in [0.25, 0.3) is 0 Å². The third-order valence-electron chi connectivity index (χ3n) is 3.82. The summed E-state index contributed by atoms with van der Waals surface area (Å²) in [5.74, 6) is 0.210. The van der Waals surface area contributed by atoms with E-state index in [9.17, 15) is 4.39 Å². The van der Waals surface area contributed by atoms with Crippen LogP contribution in [-0.2, 0) is 6.54 Å². The summed E-state index contributed by atoms with van der Waals surface area (Å²) in [5.41, 5.74) is 3.86. The van der Waals surface area contributed by atoms with Crippen LogP contribution < -0.4 is 5.32 Å². The summed E-state index contributed by atoms with van der Waals surface area (Å²) in [4.78, 5) is 20.5. The molecule has 0 aliphatic rings. The van der Waals surface area contributed by atoms with Gasteiger partial charge in [-0.05, 0) is 42.5 Å². The van der Waals surface area contributed by atoms with E-state index in [2.05, 4.69) is 30.2 Å². The van der Waals surface area contributed by atoms with Gasteiger partial charge < -0.3 is 10.3 Å². The lowest BCUT2D eigenvalue weighted by Gasteiger charge is -2.07. The van der Waals surface area contributed by atoms with Gasteiger partial charge in [-0.2, -0.15) is 0 Å². The summed E-state index contributed by atoms with van der Waals surface area (Å²) in [5, 5.41) is 3.16. The average molecular weight is 346 g/mol. The molecule has 0 radical (unpaired) electrons. The number of rotatable bonds is 5. The van der Waals surface area contributed by atoms with E-state index >= 15 is 0 Å². The summed E-state index contributed by atoms with van der Waals surface area (Å²) >= 11 is 0. The number of hydrogen-bond acceptors (Lipinski definition) is 5. The Morgan fingerprint density at radius 1 is 0.923 bits per heavy atom. The van der Waals surface area contributed by atoms with Crippen LogP contribution >= 0.6 is 0 Å². The highest BCUT2D eigenvalue weighted by Crippen LogP contribution is 2.28. The molecule has 3 aromatic heterocycles. The fourth-order valence-corrected chi connectivity index (χ4v) is 2.57. The summed E-state index contributed by atoms with van der Waals surface area (Å²) < 4.78 is 13.2. The maximum atomic E-state index is 13.2. The van der Waals surface area contributed by atoms with E-state index in [1.165, 1.54) is 12.1 Å². The van der Waals surface area contributed by atoms with Crippen molar-refractivity contribution in [3.8, 4) is 22.6 Å². The van der Waals surface area contributed by atoms with Crippen LogP contribution in [0.3, 0.4) is 0 Å². The largest absolute Gasteiger partial charge is 0.349 e. The summed E-state index contributed by atoms with van der Waals surface area (Å²) in [6.07, 6.45) is 5.02. The van der Waals surface area contributed by atoms with Gasteiger partial charge in [-0.3, -0.25) is 4.98 Å². The lowest BCUT2D eigenvalue weighted by molar-refractivity contribution is 0.628. The average Bonchev–Trinajstić information content (AvgIpc) is 3.18.